The first-order chi connectivity index (χ1) is 22.3. The third-order valence-corrected chi connectivity index (χ3v) is 8.99. The first-order valence-electron chi connectivity index (χ1n) is 17.8. The number of morpholine rings is 1. The van der Waals surface area contributed by atoms with Crippen LogP contribution in [0, 0.1) is 13.8 Å². The molecule has 0 N–H and O–H groups in total. The number of hydrogen-bond acceptors (Lipinski definition) is 5. The fourth-order valence-electron chi connectivity index (χ4n) is 6.22. The van der Waals surface area contributed by atoms with Crippen molar-refractivity contribution >= 4 is 16.6 Å². The molecule has 6 rings (SSSR count). The molecule has 47 heavy (non-hydrogen) atoms. The molecule has 0 saturated carbocycles. The van der Waals surface area contributed by atoms with Crippen molar-refractivity contribution in [2.45, 2.75) is 126 Å². The van der Waals surface area contributed by atoms with Crippen molar-refractivity contribution in [2.24, 2.45) is 0 Å². The summed E-state index contributed by atoms with van der Waals surface area (Å²) in [7, 11) is 0. The van der Waals surface area contributed by atoms with Crippen LogP contribution in [0.3, 0.4) is 0 Å². The molecular weight excluding hydrogens is 576 g/mol. The average Bonchev–Trinajstić information content (AvgIpc) is 3.48. The standard InChI is InChI=1S/C12H17N.C12H13N.C9H19NO.C9H13N/c1-9(2)13-8-7-11-10(3)5-4-6-12(11)13;1-9(2)11-7-3-5-10-6-4-8-13-12(10)11;1-7(2)10-5-8(3)11-9(4)6-10;1-7(2)9-5-4-8(3)10-6-9/h4-6,9H,7-8H2,1-3H3;3-9H,1-2H3;7-9H,5-6H2,1-4H3;4-7H,1-3H3. The zero-order valence-corrected chi connectivity index (χ0v) is 31.4. The highest BCUT2D eigenvalue weighted by Gasteiger charge is 2.23. The number of nitrogens with zero attached hydrogens (tertiary/aromatic N) is 4. The Morgan fingerprint density at radius 1 is 0.723 bits per heavy atom. The largest absolute Gasteiger partial charge is 0.373 e. The minimum atomic E-state index is 0.404. The Hall–Kier alpha value is -3.28. The zero-order valence-electron chi connectivity index (χ0n) is 31.4. The molecule has 2 atom stereocenters. The number of fused-ring (bicyclic) bond motifs is 2. The molecule has 2 aliphatic heterocycles. The van der Waals surface area contributed by atoms with Crippen molar-refractivity contribution in [2.75, 3.05) is 24.5 Å². The SMILES string of the molecule is CC(C)c1cccc2cccnc12.CC1CN(C(C)C)CC(C)O1.Cc1ccc(C(C)C)cn1.Cc1cccc2c1CCN2C(C)C. The van der Waals surface area contributed by atoms with Crippen molar-refractivity contribution in [3.63, 3.8) is 0 Å². The second kappa shape index (κ2) is 18.3. The molecule has 0 amide bonds. The van der Waals surface area contributed by atoms with E-state index in [4.69, 9.17) is 4.74 Å². The van der Waals surface area contributed by atoms with Crippen LogP contribution in [0.5, 0.6) is 0 Å². The predicted molar refractivity (Wildman–Crippen MR) is 203 cm³/mol. The zero-order chi connectivity index (χ0) is 34.7. The summed E-state index contributed by atoms with van der Waals surface area (Å²) < 4.78 is 5.62. The van der Waals surface area contributed by atoms with E-state index in [0.717, 1.165) is 24.3 Å². The Morgan fingerprint density at radius 2 is 1.38 bits per heavy atom. The second-order valence-electron chi connectivity index (χ2n) is 14.4. The van der Waals surface area contributed by atoms with Gasteiger partial charge >= 0.3 is 0 Å². The highest BCUT2D eigenvalue weighted by Crippen LogP contribution is 2.31. The number of hydrogen-bond donors (Lipinski definition) is 0. The summed E-state index contributed by atoms with van der Waals surface area (Å²) in [4.78, 5) is 13.6. The summed E-state index contributed by atoms with van der Waals surface area (Å²) >= 11 is 0. The second-order valence-corrected chi connectivity index (χ2v) is 14.4. The summed E-state index contributed by atoms with van der Waals surface area (Å²) in [6.45, 7) is 29.6. The monoisotopic (exact) mass is 638 g/mol. The predicted octanol–water partition coefficient (Wildman–Crippen LogP) is 10.1. The average molecular weight is 639 g/mol. The Balaban J connectivity index is 0.000000171. The maximum atomic E-state index is 5.62. The molecular formula is C42H62N4O. The van der Waals surface area contributed by atoms with Gasteiger partial charge in [-0.25, -0.2) is 0 Å². The summed E-state index contributed by atoms with van der Waals surface area (Å²) in [6.07, 6.45) is 5.83. The quantitative estimate of drug-likeness (QED) is 0.223. The molecule has 0 spiro atoms. The Morgan fingerprint density at radius 3 is 1.96 bits per heavy atom. The van der Waals surface area contributed by atoms with Crippen molar-refractivity contribution in [3.05, 3.63) is 101 Å². The highest BCUT2D eigenvalue weighted by atomic mass is 16.5. The van der Waals surface area contributed by atoms with E-state index in [2.05, 4.69) is 151 Å². The van der Waals surface area contributed by atoms with Gasteiger partial charge in [-0.05, 0) is 114 Å². The molecule has 0 radical (unpaired) electrons. The number of pyridine rings is 2. The van der Waals surface area contributed by atoms with Gasteiger partial charge in [0, 0.05) is 60.9 Å². The van der Waals surface area contributed by atoms with Crippen molar-refractivity contribution in [3.8, 4) is 0 Å². The van der Waals surface area contributed by atoms with E-state index in [1.54, 1.807) is 5.56 Å². The van der Waals surface area contributed by atoms with Gasteiger partial charge in [0.1, 0.15) is 0 Å². The number of aromatic nitrogens is 2. The summed E-state index contributed by atoms with van der Waals surface area (Å²) in [5.41, 5.74) is 9.32. The third kappa shape index (κ3) is 11.4. The van der Waals surface area contributed by atoms with Crippen LogP contribution in [0.4, 0.5) is 5.69 Å². The van der Waals surface area contributed by atoms with Gasteiger partial charge in [0.25, 0.3) is 0 Å². The van der Waals surface area contributed by atoms with Gasteiger partial charge in [0.05, 0.1) is 17.7 Å². The molecule has 4 aromatic rings. The molecule has 0 aliphatic carbocycles. The van der Waals surface area contributed by atoms with Crippen LogP contribution in [0.1, 0.15) is 109 Å². The molecule has 5 nitrogen and oxygen atoms in total. The molecule has 1 fully saturated rings. The van der Waals surface area contributed by atoms with E-state index in [1.807, 2.05) is 25.4 Å². The molecule has 5 heteroatoms. The molecule has 0 bridgehead atoms. The lowest BCUT2D eigenvalue weighted by Gasteiger charge is -2.37. The topological polar surface area (TPSA) is 41.5 Å². The molecule has 2 aliphatic rings. The summed E-state index contributed by atoms with van der Waals surface area (Å²) in [5.74, 6) is 1.13. The van der Waals surface area contributed by atoms with Crippen molar-refractivity contribution in [1.82, 2.24) is 14.9 Å². The minimum Gasteiger partial charge on any atom is -0.373 e. The highest BCUT2D eigenvalue weighted by molar-refractivity contribution is 5.81. The fourth-order valence-corrected chi connectivity index (χ4v) is 6.22. The van der Waals surface area contributed by atoms with Crippen molar-refractivity contribution in [1.29, 1.82) is 0 Å². The van der Waals surface area contributed by atoms with E-state index in [-0.39, 0.29) is 0 Å². The first-order valence-corrected chi connectivity index (χ1v) is 17.8. The van der Waals surface area contributed by atoms with Crippen molar-refractivity contribution < 1.29 is 4.74 Å². The molecule has 2 aromatic heterocycles. The van der Waals surface area contributed by atoms with Crippen LogP contribution >= 0.6 is 0 Å². The molecule has 2 aromatic carbocycles. The van der Waals surface area contributed by atoms with Gasteiger partial charge in [0.15, 0.2) is 0 Å². The lowest BCUT2D eigenvalue weighted by molar-refractivity contribution is -0.0764. The number of aryl methyl sites for hydroxylation is 2. The van der Waals surface area contributed by atoms with Gasteiger partial charge in [-0.1, -0.05) is 70.2 Å². The number of para-hydroxylation sites is 1. The molecule has 4 heterocycles. The maximum absolute atomic E-state index is 5.62. The number of anilines is 1. The van der Waals surface area contributed by atoms with Crippen LogP contribution < -0.4 is 4.90 Å². The summed E-state index contributed by atoms with van der Waals surface area (Å²) in [6, 6.07) is 22.5. The first kappa shape index (κ1) is 38.2. The number of benzene rings is 2. The minimum absolute atomic E-state index is 0.404. The molecule has 1 saturated heterocycles. The summed E-state index contributed by atoms with van der Waals surface area (Å²) in [5, 5.41) is 1.23. The van der Waals surface area contributed by atoms with Gasteiger partial charge in [-0.3, -0.25) is 14.9 Å². The number of ether oxygens (including phenoxy) is 1. The Kier molecular flexibility index (Phi) is 14.9. The van der Waals surface area contributed by atoms with Gasteiger partial charge in [-0.15, -0.1) is 0 Å². The van der Waals surface area contributed by atoms with Gasteiger partial charge < -0.3 is 9.64 Å². The van der Waals surface area contributed by atoms with E-state index >= 15 is 0 Å². The normalized spacial score (nSPS) is 17.6. The lowest BCUT2D eigenvalue weighted by atomic mass is 10.00. The fraction of sp³-hybridized carbons (Fsp3) is 0.524. The molecule has 256 valence electrons. The van der Waals surface area contributed by atoms with Crippen LogP contribution in [0.25, 0.3) is 10.9 Å². The molecule has 2 unspecified atom stereocenters. The van der Waals surface area contributed by atoms with E-state index in [0.29, 0.717) is 36.1 Å². The lowest BCUT2D eigenvalue weighted by Crippen LogP contribution is -2.48. The van der Waals surface area contributed by atoms with Crippen LogP contribution in [-0.4, -0.2) is 58.8 Å². The van der Waals surface area contributed by atoms with Crippen LogP contribution in [0.15, 0.2) is 73.1 Å². The Labute approximate surface area is 286 Å². The van der Waals surface area contributed by atoms with Gasteiger partial charge in [-0.2, -0.15) is 0 Å². The smallest absolute Gasteiger partial charge is 0.0736 e. The number of rotatable bonds is 4. The van der Waals surface area contributed by atoms with E-state index in [1.165, 1.54) is 40.7 Å². The van der Waals surface area contributed by atoms with Crippen LogP contribution in [0.2, 0.25) is 0 Å². The third-order valence-electron chi connectivity index (χ3n) is 8.99. The van der Waals surface area contributed by atoms with Gasteiger partial charge in [0.2, 0.25) is 0 Å². The Bertz CT molecular complexity index is 1480. The van der Waals surface area contributed by atoms with E-state index in [9.17, 15) is 0 Å². The van der Waals surface area contributed by atoms with Crippen LogP contribution in [-0.2, 0) is 11.2 Å². The maximum Gasteiger partial charge on any atom is 0.0736 e. The van der Waals surface area contributed by atoms with E-state index < -0.39 is 0 Å².